The highest BCUT2D eigenvalue weighted by Gasteiger charge is 2.54. The summed E-state index contributed by atoms with van der Waals surface area (Å²) in [4.78, 5) is 22.5. The first-order chi connectivity index (χ1) is 19.8. The molecule has 1 aliphatic carbocycles. The first-order valence-electron chi connectivity index (χ1n) is 13.1. The molecule has 4 aromatic rings. The second kappa shape index (κ2) is 10.3. The van der Waals surface area contributed by atoms with Crippen molar-refractivity contribution in [1.29, 1.82) is 0 Å². The lowest BCUT2D eigenvalue weighted by molar-refractivity contribution is -0.155. The van der Waals surface area contributed by atoms with Gasteiger partial charge in [-0.15, -0.1) is 0 Å². The Hall–Kier alpha value is -4.73. The predicted molar refractivity (Wildman–Crippen MR) is 151 cm³/mol. The van der Waals surface area contributed by atoms with Crippen LogP contribution < -0.4 is 19.5 Å². The van der Waals surface area contributed by atoms with Gasteiger partial charge in [0.2, 0.25) is 5.91 Å². The number of hydrogen-bond donors (Lipinski definition) is 1. The third kappa shape index (κ3) is 4.90. The van der Waals surface area contributed by atoms with Crippen LogP contribution in [0.2, 0.25) is 0 Å². The predicted octanol–water partition coefficient (Wildman–Crippen LogP) is 5.89. The summed E-state index contributed by atoms with van der Waals surface area (Å²) >= 11 is 0. The zero-order valence-corrected chi connectivity index (χ0v) is 22.6. The highest BCUT2D eigenvalue weighted by atomic mass is 19.1. The molecule has 1 saturated carbocycles. The number of nitrogens with one attached hydrogen (secondary N) is 1. The van der Waals surface area contributed by atoms with Crippen molar-refractivity contribution in [3.8, 4) is 28.4 Å². The molecule has 1 spiro atoms. The van der Waals surface area contributed by atoms with E-state index in [1.165, 1.54) is 31.6 Å². The van der Waals surface area contributed by atoms with Crippen molar-refractivity contribution in [2.24, 2.45) is 5.41 Å². The summed E-state index contributed by atoms with van der Waals surface area (Å²) in [6.07, 6.45) is 4.46. The van der Waals surface area contributed by atoms with Crippen molar-refractivity contribution in [3.63, 3.8) is 0 Å². The van der Waals surface area contributed by atoms with Crippen LogP contribution in [0.3, 0.4) is 0 Å². The minimum absolute atomic E-state index is 0.00856. The number of anilines is 2. The normalized spacial score (nSPS) is 15.7. The molecule has 1 amide bonds. The molecule has 2 fully saturated rings. The first-order valence-corrected chi connectivity index (χ1v) is 13.1. The van der Waals surface area contributed by atoms with Crippen LogP contribution in [0.4, 0.5) is 20.3 Å². The van der Waals surface area contributed by atoms with Crippen molar-refractivity contribution in [1.82, 2.24) is 14.9 Å². The van der Waals surface area contributed by atoms with Crippen molar-refractivity contribution in [2.45, 2.75) is 18.9 Å². The van der Waals surface area contributed by atoms with Gasteiger partial charge in [-0.2, -0.15) is 0 Å². The molecule has 41 heavy (non-hydrogen) atoms. The third-order valence-corrected chi connectivity index (χ3v) is 7.77. The van der Waals surface area contributed by atoms with E-state index in [2.05, 4.69) is 21.9 Å². The van der Waals surface area contributed by atoms with Gasteiger partial charge in [0.1, 0.15) is 35.6 Å². The van der Waals surface area contributed by atoms with Crippen LogP contribution in [0.15, 0.2) is 67.5 Å². The minimum atomic E-state index is -0.665. The largest absolute Gasteiger partial charge is 0.495 e. The number of fused-ring (bicyclic) bond motifs is 1. The third-order valence-electron chi connectivity index (χ3n) is 7.77. The molecule has 0 unspecified atom stereocenters. The lowest BCUT2D eigenvalue weighted by atomic mass is 9.61. The van der Waals surface area contributed by atoms with Gasteiger partial charge in [-0.1, -0.05) is 12.6 Å². The highest BCUT2D eigenvalue weighted by Crippen LogP contribution is 2.50. The van der Waals surface area contributed by atoms with Crippen molar-refractivity contribution >= 4 is 28.3 Å². The Labute approximate surface area is 235 Å². The molecule has 3 aromatic carbocycles. The van der Waals surface area contributed by atoms with Gasteiger partial charge in [0.25, 0.3) is 0 Å². The summed E-state index contributed by atoms with van der Waals surface area (Å²) in [5.41, 5.74) is 2.07. The van der Waals surface area contributed by atoms with Crippen LogP contribution in [-0.2, 0) is 4.79 Å². The van der Waals surface area contributed by atoms with Gasteiger partial charge in [0, 0.05) is 41.6 Å². The second-order valence-corrected chi connectivity index (χ2v) is 10.5. The van der Waals surface area contributed by atoms with E-state index in [0.29, 0.717) is 45.2 Å². The Morgan fingerprint density at radius 2 is 1.80 bits per heavy atom. The fourth-order valence-electron chi connectivity index (χ4n) is 5.72. The number of benzene rings is 3. The monoisotopic (exact) mass is 558 g/mol. The van der Waals surface area contributed by atoms with Gasteiger partial charge in [-0.25, -0.2) is 18.7 Å². The molecule has 0 bridgehead atoms. The van der Waals surface area contributed by atoms with Crippen molar-refractivity contribution in [3.05, 3.63) is 79.1 Å². The van der Waals surface area contributed by atoms with Crippen LogP contribution in [0, 0.1) is 17.0 Å². The minimum Gasteiger partial charge on any atom is -0.495 e. The maximum Gasteiger partial charge on any atom is 0.245 e. The summed E-state index contributed by atoms with van der Waals surface area (Å²) in [5.74, 6) is 0.756. The maximum atomic E-state index is 14.5. The Balaban J connectivity index is 1.27. The van der Waals surface area contributed by atoms with Gasteiger partial charge in [0.15, 0.2) is 11.5 Å². The number of hydrogen-bond acceptors (Lipinski definition) is 7. The molecule has 1 aromatic heterocycles. The number of carbonyl (C=O) groups is 1. The summed E-state index contributed by atoms with van der Waals surface area (Å²) in [7, 11) is 3.11. The Morgan fingerprint density at radius 1 is 1.02 bits per heavy atom. The molecule has 1 aliphatic heterocycles. The quantitative estimate of drug-likeness (QED) is 0.270. The van der Waals surface area contributed by atoms with E-state index in [1.54, 1.807) is 36.3 Å². The van der Waals surface area contributed by atoms with Crippen LogP contribution in [-0.4, -0.2) is 54.2 Å². The second-order valence-electron chi connectivity index (χ2n) is 10.5. The number of halogens is 2. The maximum absolute atomic E-state index is 14.5. The number of carbonyl (C=O) groups excluding carboxylic acids is 1. The molecule has 2 heterocycles. The van der Waals surface area contributed by atoms with Gasteiger partial charge in [0.05, 0.1) is 25.4 Å². The van der Waals surface area contributed by atoms with Gasteiger partial charge < -0.3 is 24.4 Å². The van der Waals surface area contributed by atoms with E-state index in [4.69, 9.17) is 14.2 Å². The number of likely N-dealkylation sites (tertiary alicyclic amines) is 1. The van der Waals surface area contributed by atoms with E-state index in [-0.39, 0.29) is 23.0 Å². The average Bonchev–Trinajstić information content (AvgIpc) is 2.93. The molecule has 1 saturated heterocycles. The average molecular weight is 559 g/mol. The summed E-state index contributed by atoms with van der Waals surface area (Å²) in [6, 6.07) is 12.2. The number of nitrogens with zero attached hydrogens (tertiary/aromatic N) is 3. The zero-order chi connectivity index (χ0) is 28.7. The number of ether oxygens (including phenoxy) is 3. The van der Waals surface area contributed by atoms with Crippen LogP contribution in [0.5, 0.6) is 17.2 Å². The highest BCUT2D eigenvalue weighted by molar-refractivity contribution is 5.94. The molecule has 8 nitrogen and oxygen atoms in total. The standard InChI is InChI=1S/C31H28F2N4O4/c1-4-29(38)37-15-31(16-37)13-20(14-31)41-28-11-22-24(12-27(28)40-3)34-17-35-30(22)36-25-9-18(5-8-26(25)39-2)21-7-6-19(32)10-23(21)33/h4-12,17,20H,1,13-16H2,2-3H3,(H,34,35,36). The lowest BCUT2D eigenvalue weighted by Crippen LogP contribution is -2.65. The van der Waals surface area contributed by atoms with Crippen LogP contribution >= 0.6 is 0 Å². The summed E-state index contributed by atoms with van der Waals surface area (Å²) < 4.78 is 45.5. The van der Waals surface area contributed by atoms with E-state index in [1.807, 2.05) is 6.07 Å². The molecule has 0 atom stereocenters. The topological polar surface area (TPSA) is 85.8 Å². The first kappa shape index (κ1) is 26.5. The number of amides is 1. The van der Waals surface area contributed by atoms with Crippen molar-refractivity contribution < 1.29 is 27.8 Å². The van der Waals surface area contributed by atoms with Gasteiger partial charge >= 0.3 is 0 Å². The van der Waals surface area contributed by atoms with E-state index < -0.39 is 11.6 Å². The van der Waals surface area contributed by atoms with Crippen molar-refractivity contribution in [2.75, 3.05) is 32.6 Å². The molecule has 10 heteroatoms. The van der Waals surface area contributed by atoms with E-state index in [0.717, 1.165) is 32.0 Å². The van der Waals surface area contributed by atoms with Gasteiger partial charge in [-0.05, 0) is 54.8 Å². The zero-order valence-electron chi connectivity index (χ0n) is 22.6. The van der Waals surface area contributed by atoms with Crippen LogP contribution in [0.1, 0.15) is 12.8 Å². The summed E-state index contributed by atoms with van der Waals surface area (Å²) in [5, 5.41) is 3.98. The number of aromatic nitrogens is 2. The number of rotatable bonds is 8. The fraction of sp³-hybridized carbons (Fsp3) is 0.258. The Kier molecular flexibility index (Phi) is 6.69. The molecule has 6 rings (SSSR count). The fourth-order valence-corrected chi connectivity index (χ4v) is 5.72. The number of methoxy groups -OCH3 is 2. The molecule has 0 radical (unpaired) electrons. The Bertz CT molecular complexity index is 1660. The van der Waals surface area contributed by atoms with Gasteiger partial charge in [-0.3, -0.25) is 4.79 Å². The van der Waals surface area contributed by atoms with E-state index in [9.17, 15) is 13.6 Å². The molecule has 210 valence electrons. The molecular weight excluding hydrogens is 530 g/mol. The summed E-state index contributed by atoms with van der Waals surface area (Å²) in [6.45, 7) is 5.00. The SMILES string of the molecule is C=CC(=O)N1CC2(CC(Oc3cc4c(Nc5cc(-c6ccc(F)cc6F)ccc5OC)ncnc4cc3OC)C2)C1. The smallest absolute Gasteiger partial charge is 0.245 e. The van der Waals surface area contributed by atoms with Crippen LogP contribution in [0.25, 0.3) is 22.0 Å². The Morgan fingerprint density at radius 3 is 2.51 bits per heavy atom. The molecular formula is C31H28F2N4O4. The molecule has 2 aliphatic rings. The lowest BCUT2D eigenvalue weighted by Gasteiger charge is -2.58. The van der Waals surface area contributed by atoms with E-state index >= 15 is 0 Å². The molecule has 1 N–H and O–H groups in total.